The fourth-order valence-corrected chi connectivity index (χ4v) is 2.95. The van der Waals surface area contributed by atoms with Gasteiger partial charge in [-0.05, 0) is 42.5 Å². The van der Waals surface area contributed by atoms with Crippen LogP contribution < -0.4 is 11.1 Å². The molecule has 0 saturated carbocycles. The molecule has 2 amide bonds. The molecule has 26 heavy (non-hydrogen) atoms. The van der Waals surface area contributed by atoms with E-state index in [2.05, 4.69) is 38.2 Å². The van der Waals surface area contributed by atoms with Gasteiger partial charge < -0.3 is 11.1 Å². The zero-order valence-electron chi connectivity index (χ0n) is 16.2. The van der Waals surface area contributed by atoms with E-state index in [1.54, 1.807) is 12.1 Å². The second kappa shape index (κ2) is 7.73. The van der Waals surface area contributed by atoms with Gasteiger partial charge in [0.15, 0.2) is 0 Å². The molecule has 0 aliphatic heterocycles. The first-order chi connectivity index (χ1) is 12.1. The Bertz CT molecular complexity index is 782. The minimum absolute atomic E-state index is 0.0683. The Hall–Kier alpha value is -2.62. The molecule has 4 heteroatoms. The molecule has 0 bridgehead atoms. The average Bonchev–Trinajstić information content (AvgIpc) is 2.52. The SMILES string of the molecule is Cc1cc(C)cc(C(=O)N[C@@H](Cc2ccc(C(C)(C)C)cc2)C(N)=O)c1. The molecular formula is C22H28N2O2. The van der Waals surface area contributed by atoms with E-state index < -0.39 is 11.9 Å². The van der Waals surface area contributed by atoms with Crippen molar-refractivity contribution in [2.45, 2.75) is 52.5 Å². The molecule has 0 aromatic heterocycles. The van der Waals surface area contributed by atoms with Gasteiger partial charge in [-0.1, -0.05) is 62.2 Å². The average molecular weight is 352 g/mol. The number of amides is 2. The summed E-state index contributed by atoms with van der Waals surface area (Å²) in [4.78, 5) is 24.4. The summed E-state index contributed by atoms with van der Waals surface area (Å²) in [6, 6.07) is 12.9. The van der Waals surface area contributed by atoms with Gasteiger partial charge in [0, 0.05) is 12.0 Å². The van der Waals surface area contributed by atoms with E-state index in [0.29, 0.717) is 12.0 Å². The summed E-state index contributed by atoms with van der Waals surface area (Å²) < 4.78 is 0. The zero-order chi connectivity index (χ0) is 19.5. The fourth-order valence-electron chi connectivity index (χ4n) is 2.95. The Morgan fingerprint density at radius 1 is 1.00 bits per heavy atom. The molecule has 3 N–H and O–H groups in total. The maximum atomic E-state index is 12.5. The Morgan fingerprint density at radius 2 is 1.54 bits per heavy atom. The Kier molecular flexibility index (Phi) is 5.86. The number of carbonyl (C=O) groups is 2. The van der Waals surface area contributed by atoms with Crippen molar-refractivity contribution in [2.24, 2.45) is 5.73 Å². The monoisotopic (exact) mass is 352 g/mol. The molecule has 0 heterocycles. The third-order valence-electron chi connectivity index (χ3n) is 4.39. The highest BCUT2D eigenvalue weighted by atomic mass is 16.2. The van der Waals surface area contributed by atoms with Crippen LogP contribution in [0.15, 0.2) is 42.5 Å². The summed E-state index contributed by atoms with van der Waals surface area (Å²) in [5, 5.41) is 2.77. The summed E-state index contributed by atoms with van der Waals surface area (Å²) >= 11 is 0. The maximum absolute atomic E-state index is 12.5. The molecule has 0 saturated heterocycles. The van der Waals surface area contributed by atoms with Crippen molar-refractivity contribution in [3.05, 3.63) is 70.3 Å². The van der Waals surface area contributed by atoms with Gasteiger partial charge in [-0.25, -0.2) is 0 Å². The van der Waals surface area contributed by atoms with E-state index in [9.17, 15) is 9.59 Å². The van der Waals surface area contributed by atoms with Crippen LogP contribution in [0, 0.1) is 13.8 Å². The van der Waals surface area contributed by atoms with E-state index in [4.69, 9.17) is 5.73 Å². The van der Waals surface area contributed by atoms with Crippen molar-refractivity contribution in [3.8, 4) is 0 Å². The molecule has 0 spiro atoms. The quantitative estimate of drug-likeness (QED) is 0.865. The number of nitrogens with two attached hydrogens (primary N) is 1. The third kappa shape index (κ3) is 5.19. The van der Waals surface area contributed by atoms with Crippen LogP contribution in [0.1, 0.15) is 53.4 Å². The van der Waals surface area contributed by atoms with Crippen molar-refractivity contribution < 1.29 is 9.59 Å². The van der Waals surface area contributed by atoms with Gasteiger partial charge >= 0.3 is 0 Å². The first kappa shape index (κ1) is 19.7. The minimum Gasteiger partial charge on any atom is -0.368 e. The Labute approximate surface area is 155 Å². The van der Waals surface area contributed by atoms with Crippen molar-refractivity contribution >= 4 is 11.8 Å². The number of nitrogens with one attached hydrogen (secondary N) is 1. The van der Waals surface area contributed by atoms with Gasteiger partial charge in [0.05, 0.1) is 0 Å². The summed E-state index contributed by atoms with van der Waals surface area (Å²) in [5.74, 6) is -0.825. The topological polar surface area (TPSA) is 72.2 Å². The molecule has 0 unspecified atom stereocenters. The number of primary amides is 1. The van der Waals surface area contributed by atoms with Crippen LogP contribution in [0.5, 0.6) is 0 Å². The molecule has 0 radical (unpaired) electrons. The van der Waals surface area contributed by atoms with Gasteiger partial charge in [0.1, 0.15) is 6.04 Å². The molecule has 2 aromatic carbocycles. The summed E-state index contributed by atoms with van der Waals surface area (Å²) in [5.41, 5.74) is 10.3. The predicted molar refractivity (Wildman–Crippen MR) is 105 cm³/mol. The second-order valence-electron chi connectivity index (χ2n) is 7.96. The fraction of sp³-hybridized carbons (Fsp3) is 0.364. The molecule has 4 nitrogen and oxygen atoms in total. The van der Waals surface area contributed by atoms with E-state index in [1.165, 1.54) is 5.56 Å². The molecule has 2 rings (SSSR count). The van der Waals surface area contributed by atoms with Gasteiger partial charge in [-0.3, -0.25) is 9.59 Å². The summed E-state index contributed by atoms with van der Waals surface area (Å²) in [7, 11) is 0. The van der Waals surface area contributed by atoms with Gasteiger partial charge in [0.2, 0.25) is 5.91 Å². The number of carbonyl (C=O) groups excluding carboxylic acids is 2. The molecular weight excluding hydrogens is 324 g/mol. The minimum atomic E-state index is -0.746. The molecule has 1 atom stereocenters. The third-order valence-corrected chi connectivity index (χ3v) is 4.39. The van der Waals surface area contributed by atoms with Crippen LogP contribution in [0.3, 0.4) is 0 Å². The van der Waals surface area contributed by atoms with Crippen molar-refractivity contribution in [2.75, 3.05) is 0 Å². The maximum Gasteiger partial charge on any atom is 0.251 e. The Balaban J connectivity index is 2.14. The molecule has 0 fully saturated rings. The summed E-state index contributed by atoms with van der Waals surface area (Å²) in [6.07, 6.45) is 0.371. The van der Waals surface area contributed by atoms with Crippen LogP contribution in [0.4, 0.5) is 0 Å². The van der Waals surface area contributed by atoms with Gasteiger partial charge in [-0.15, -0.1) is 0 Å². The Morgan fingerprint density at radius 3 is 2.00 bits per heavy atom. The standard InChI is InChI=1S/C22H28N2O2/c1-14-10-15(2)12-17(11-14)21(26)24-19(20(23)25)13-16-6-8-18(9-7-16)22(3,4)5/h6-12,19H,13H2,1-5H3,(H2,23,25)(H,24,26)/t19-/m0/s1. The van der Waals surface area contributed by atoms with E-state index in [1.807, 2.05) is 32.0 Å². The van der Waals surface area contributed by atoms with E-state index in [0.717, 1.165) is 16.7 Å². The highest BCUT2D eigenvalue weighted by Crippen LogP contribution is 2.22. The molecule has 2 aromatic rings. The lowest BCUT2D eigenvalue weighted by molar-refractivity contribution is -0.119. The van der Waals surface area contributed by atoms with Crippen molar-refractivity contribution in [1.29, 1.82) is 0 Å². The first-order valence-electron chi connectivity index (χ1n) is 8.84. The highest BCUT2D eigenvalue weighted by molar-refractivity contribution is 5.97. The number of hydrogen-bond acceptors (Lipinski definition) is 2. The molecule has 0 aliphatic carbocycles. The lowest BCUT2D eigenvalue weighted by Crippen LogP contribution is -2.45. The van der Waals surface area contributed by atoms with Crippen LogP contribution in [-0.2, 0) is 16.6 Å². The summed E-state index contributed by atoms with van der Waals surface area (Å²) in [6.45, 7) is 10.3. The predicted octanol–water partition coefficient (Wildman–Crippen LogP) is 3.43. The van der Waals surface area contributed by atoms with Gasteiger partial charge in [0.25, 0.3) is 5.91 Å². The van der Waals surface area contributed by atoms with Crippen molar-refractivity contribution in [1.82, 2.24) is 5.32 Å². The van der Waals surface area contributed by atoms with Crippen LogP contribution >= 0.6 is 0 Å². The van der Waals surface area contributed by atoms with E-state index in [-0.39, 0.29) is 11.3 Å². The smallest absolute Gasteiger partial charge is 0.251 e. The van der Waals surface area contributed by atoms with Crippen LogP contribution in [0.2, 0.25) is 0 Å². The van der Waals surface area contributed by atoms with E-state index >= 15 is 0 Å². The molecule has 0 aliphatic rings. The largest absolute Gasteiger partial charge is 0.368 e. The second-order valence-corrected chi connectivity index (χ2v) is 7.96. The number of aryl methyl sites for hydroxylation is 2. The molecule has 138 valence electrons. The zero-order valence-corrected chi connectivity index (χ0v) is 16.2. The first-order valence-corrected chi connectivity index (χ1v) is 8.84. The van der Waals surface area contributed by atoms with Crippen molar-refractivity contribution in [3.63, 3.8) is 0 Å². The number of hydrogen-bond donors (Lipinski definition) is 2. The van der Waals surface area contributed by atoms with Crippen LogP contribution in [0.25, 0.3) is 0 Å². The van der Waals surface area contributed by atoms with Gasteiger partial charge in [-0.2, -0.15) is 0 Å². The lowest BCUT2D eigenvalue weighted by Gasteiger charge is -2.20. The highest BCUT2D eigenvalue weighted by Gasteiger charge is 2.20. The number of benzene rings is 2. The lowest BCUT2D eigenvalue weighted by atomic mass is 9.86. The number of rotatable bonds is 5. The van der Waals surface area contributed by atoms with Crippen LogP contribution in [-0.4, -0.2) is 17.9 Å². The normalized spacial score (nSPS) is 12.5.